The third kappa shape index (κ3) is 4.78. The van der Waals surface area contributed by atoms with Gasteiger partial charge in [-0.05, 0) is 13.8 Å². The summed E-state index contributed by atoms with van der Waals surface area (Å²) in [6.07, 6.45) is 0.275. The maximum absolute atomic E-state index is 12.2. The third-order valence-corrected chi connectivity index (χ3v) is 4.99. The van der Waals surface area contributed by atoms with Gasteiger partial charge in [-0.3, -0.25) is 9.36 Å². The van der Waals surface area contributed by atoms with Gasteiger partial charge in [0.05, 0.1) is 13.2 Å². The van der Waals surface area contributed by atoms with Crippen LogP contribution < -0.4 is 5.32 Å². The molecule has 0 aliphatic heterocycles. The van der Waals surface area contributed by atoms with E-state index >= 15 is 0 Å². The summed E-state index contributed by atoms with van der Waals surface area (Å²) in [5, 5.41) is 2.14. The molecule has 0 aromatic heterocycles. The number of halogens is 3. The lowest BCUT2D eigenvalue weighted by molar-refractivity contribution is -0.109. The minimum atomic E-state index is -3.71. The normalized spacial score (nSPS) is 14.6. The number of hydrogen-bond donors (Lipinski definition) is 1. The molecule has 0 aliphatic rings. The average molecular weight is 313 g/mol. The van der Waals surface area contributed by atoms with Crippen molar-refractivity contribution in [1.82, 2.24) is 5.32 Å². The molecule has 0 aromatic rings. The minimum Gasteiger partial charge on any atom is -0.341 e. The Morgan fingerprint density at radius 2 is 1.75 bits per heavy atom. The summed E-state index contributed by atoms with van der Waals surface area (Å²) < 4.78 is 20.2. The van der Waals surface area contributed by atoms with E-state index in [0.717, 1.165) is 0 Å². The molecule has 1 atom stereocenters. The van der Waals surface area contributed by atoms with Crippen LogP contribution in [0.15, 0.2) is 0 Å². The highest BCUT2D eigenvalue weighted by molar-refractivity contribution is 7.55. The summed E-state index contributed by atoms with van der Waals surface area (Å²) in [4.78, 5) is 10.4. The van der Waals surface area contributed by atoms with Crippen LogP contribution in [0.2, 0.25) is 0 Å². The van der Waals surface area contributed by atoms with Crippen molar-refractivity contribution in [3.63, 3.8) is 0 Å². The first kappa shape index (κ1) is 16.5. The lowest BCUT2D eigenvalue weighted by atomic mass is 10.7. The zero-order valence-electron chi connectivity index (χ0n) is 8.78. The van der Waals surface area contributed by atoms with Crippen molar-refractivity contribution in [2.45, 2.75) is 23.4 Å². The smallest absolute Gasteiger partial charge is 0.341 e. The van der Waals surface area contributed by atoms with Gasteiger partial charge in [0.25, 0.3) is 0 Å². The van der Waals surface area contributed by atoms with Crippen LogP contribution in [0.4, 0.5) is 0 Å². The molecule has 0 aromatic carbocycles. The third-order valence-electron chi connectivity index (χ3n) is 1.47. The Bertz CT molecular complexity index is 261. The molecule has 1 N–H and O–H groups in total. The number of alkyl halides is 3. The van der Waals surface area contributed by atoms with E-state index in [0.29, 0.717) is 0 Å². The Labute approximate surface area is 109 Å². The van der Waals surface area contributed by atoms with E-state index in [1.807, 2.05) is 0 Å². The summed E-state index contributed by atoms with van der Waals surface area (Å²) in [5.74, 6) is -1.35. The van der Waals surface area contributed by atoms with Crippen LogP contribution in [0.3, 0.4) is 0 Å². The summed E-state index contributed by atoms with van der Waals surface area (Å²) >= 11 is 16.8. The van der Waals surface area contributed by atoms with Gasteiger partial charge < -0.3 is 14.4 Å². The van der Waals surface area contributed by atoms with Crippen LogP contribution in [-0.2, 0) is 18.4 Å². The Kier molecular flexibility index (Phi) is 7.26. The van der Waals surface area contributed by atoms with Crippen molar-refractivity contribution in [2.75, 3.05) is 13.2 Å². The van der Waals surface area contributed by atoms with E-state index < -0.39 is 17.2 Å². The SMILES string of the molecule is CCOP(=O)(OCC)[C@H](NC=O)C(Cl)(Cl)Cl. The molecule has 0 saturated carbocycles. The summed E-state index contributed by atoms with van der Waals surface area (Å²) in [7, 11) is -3.71. The number of hydrogen-bond acceptors (Lipinski definition) is 4. The largest absolute Gasteiger partial charge is 0.357 e. The number of amides is 1. The standard InChI is InChI=1S/C7H13Cl3NO4P/c1-3-14-16(13,15-4-2)6(11-5-12)7(8,9)10/h5-6H,3-4H2,1-2H3,(H,11,12)/t6-/m0/s1. The highest BCUT2D eigenvalue weighted by Crippen LogP contribution is 2.58. The maximum atomic E-state index is 12.2. The molecular weight excluding hydrogens is 299 g/mol. The van der Waals surface area contributed by atoms with Gasteiger partial charge in [0.15, 0.2) is 5.78 Å². The number of carbonyl (C=O) groups excluding carboxylic acids is 1. The van der Waals surface area contributed by atoms with Crippen molar-refractivity contribution < 1.29 is 18.4 Å². The molecule has 0 spiro atoms. The Morgan fingerprint density at radius 3 is 2.00 bits per heavy atom. The molecular formula is C7H13Cl3NO4P. The highest BCUT2D eigenvalue weighted by Gasteiger charge is 2.48. The fourth-order valence-corrected chi connectivity index (χ4v) is 3.93. The van der Waals surface area contributed by atoms with Crippen LogP contribution in [0.25, 0.3) is 0 Å². The lowest BCUT2D eigenvalue weighted by Crippen LogP contribution is -2.40. The van der Waals surface area contributed by atoms with E-state index in [4.69, 9.17) is 43.9 Å². The number of carbonyl (C=O) groups is 1. The quantitative estimate of drug-likeness (QED) is 0.446. The number of rotatable bonds is 7. The molecule has 0 heterocycles. The van der Waals surface area contributed by atoms with Gasteiger partial charge in [-0.15, -0.1) is 0 Å². The van der Waals surface area contributed by atoms with Crippen molar-refractivity contribution >= 4 is 48.8 Å². The zero-order chi connectivity index (χ0) is 12.8. The average Bonchev–Trinajstić information content (AvgIpc) is 2.13. The van der Waals surface area contributed by atoms with Crippen molar-refractivity contribution in [3.8, 4) is 0 Å². The van der Waals surface area contributed by atoms with Crippen molar-refractivity contribution in [1.29, 1.82) is 0 Å². The molecule has 0 radical (unpaired) electrons. The van der Waals surface area contributed by atoms with Crippen molar-refractivity contribution in [3.05, 3.63) is 0 Å². The summed E-state index contributed by atoms with van der Waals surface area (Å²) in [6, 6.07) is 0. The molecule has 96 valence electrons. The maximum Gasteiger partial charge on any atom is 0.357 e. The Balaban J connectivity index is 5.09. The molecule has 0 saturated heterocycles. The van der Waals surface area contributed by atoms with Crippen LogP contribution in [0, 0.1) is 0 Å². The molecule has 1 amide bonds. The first-order valence-corrected chi connectivity index (χ1v) is 7.21. The minimum absolute atomic E-state index is 0.106. The van der Waals surface area contributed by atoms with Crippen LogP contribution in [0.5, 0.6) is 0 Å². The highest BCUT2D eigenvalue weighted by atomic mass is 35.6. The van der Waals surface area contributed by atoms with Crippen LogP contribution in [-0.4, -0.2) is 29.2 Å². The van der Waals surface area contributed by atoms with Crippen LogP contribution in [0.1, 0.15) is 13.8 Å². The molecule has 5 nitrogen and oxygen atoms in total. The van der Waals surface area contributed by atoms with Crippen LogP contribution >= 0.6 is 42.4 Å². The van der Waals surface area contributed by atoms with Gasteiger partial charge >= 0.3 is 7.60 Å². The molecule has 0 fully saturated rings. The van der Waals surface area contributed by atoms with Gasteiger partial charge in [-0.1, -0.05) is 34.8 Å². The Hall–Kier alpha value is 0.490. The molecule has 0 unspecified atom stereocenters. The Morgan fingerprint density at radius 1 is 1.31 bits per heavy atom. The monoisotopic (exact) mass is 311 g/mol. The second-order valence-electron chi connectivity index (χ2n) is 2.60. The van der Waals surface area contributed by atoms with Gasteiger partial charge in [0.1, 0.15) is 0 Å². The van der Waals surface area contributed by atoms with Crippen molar-refractivity contribution in [2.24, 2.45) is 0 Å². The fourth-order valence-electron chi connectivity index (χ4n) is 0.976. The number of nitrogens with one attached hydrogen (secondary N) is 1. The van der Waals surface area contributed by atoms with Gasteiger partial charge in [-0.25, -0.2) is 0 Å². The lowest BCUT2D eigenvalue weighted by Gasteiger charge is -2.30. The van der Waals surface area contributed by atoms with E-state index in [9.17, 15) is 9.36 Å². The van der Waals surface area contributed by atoms with E-state index in [1.165, 1.54) is 0 Å². The molecule has 0 bridgehead atoms. The molecule has 0 rings (SSSR count). The second kappa shape index (κ2) is 7.04. The van der Waals surface area contributed by atoms with E-state index in [-0.39, 0.29) is 19.6 Å². The first-order chi connectivity index (χ1) is 7.31. The summed E-state index contributed by atoms with van der Waals surface area (Å²) in [6.45, 7) is 3.44. The molecule has 0 aliphatic carbocycles. The zero-order valence-corrected chi connectivity index (χ0v) is 11.9. The predicted molar refractivity (Wildman–Crippen MR) is 64.1 cm³/mol. The molecule has 9 heteroatoms. The first-order valence-electron chi connectivity index (χ1n) is 4.47. The summed E-state index contributed by atoms with van der Waals surface area (Å²) in [5.41, 5.74) is 0. The van der Waals surface area contributed by atoms with Gasteiger partial charge in [0, 0.05) is 0 Å². The van der Waals surface area contributed by atoms with E-state index in [1.54, 1.807) is 13.8 Å². The molecule has 16 heavy (non-hydrogen) atoms. The van der Waals surface area contributed by atoms with Gasteiger partial charge in [0.2, 0.25) is 10.2 Å². The van der Waals surface area contributed by atoms with Gasteiger partial charge in [-0.2, -0.15) is 0 Å². The fraction of sp³-hybridized carbons (Fsp3) is 0.857. The second-order valence-corrected chi connectivity index (χ2v) is 7.09. The van der Waals surface area contributed by atoms with E-state index in [2.05, 4.69) is 5.32 Å². The topological polar surface area (TPSA) is 64.6 Å². The predicted octanol–water partition coefficient (Wildman–Crippen LogP) is 2.69.